The van der Waals surface area contributed by atoms with Crippen molar-refractivity contribution in [3.8, 4) is 17.2 Å². The third-order valence-corrected chi connectivity index (χ3v) is 4.19. The monoisotopic (exact) mass is 362 g/mol. The van der Waals surface area contributed by atoms with Crippen molar-refractivity contribution < 1.29 is 14.3 Å². The second-order valence-corrected chi connectivity index (χ2v) is 5.93. The first-order valence-corrected chi connectivity index (χ1v) is 8.77. The van der Waals surface area contributed by atoms with Gasteiger partial charge in [0.15, 0.2) is 17.3 Å². The van der Waals surface area contributed by atoms with Crippen LogP contribution in [0.3, 0.4) is 0 Å². The Bertz CT molecular complexity index is 959. The smallest absolute Gasteiger partial charge is 0.189 e. The summed E-state index contributed by atoms with van der Waals surface area (Å²) >= 11 is 0. The molecule has 1 heterocycles. The number of hydrogen-bond donors (Lipinski definition) is 0. The number of methoxy groups -OCH3 is 1. The van der Waals surface area contributed by atoms with Crippen molar-refractivity contribution in [2.45, 2.75) is 13.8 Å². The molecular formula is C22H22N2O3. The topological polar surface area (TPSA) is 53.3 Å². The maximum Gasteiger partial charge on any atom is 0.189 e. The number of rotatable bonds is 7. The lowest BCUT2D eigenvalue weighted by Gasteiger charge is -2.09. The van der Waals surface area contributed by atoms with Crippen molar-refractivity contribution in [2.24, 2.45) is 0 Å². The molecule has 0 fully saturated rings. The summed E-state index contributed by atoms with van der Waals surface area (Å²) in [5, 5.41) is 4.35. The fraction of sp³-hybridized carbons (Fsp3) is 0.182. The fourth-order valence-corrected chi connectivity index (χ4v) is 2.81. The van der Waals surface area contributed by atoms with Gasteiger partial charge in [-0.15, -0.1) is 0 Å². The van der Waals surface area contributed by atoms with Crippen LogP contribution in [-0.4, -0.2) is 29.3 Å². The van der Waals surface area contributed by atoms with Gasteiger partial charge in [-0.3, -0.25) is 4.79 Å². The van der Waals surface area contributed by atoms with Gasteiger partial charge in [0.1, 0.15) is 0 Å². The zero-order valence-electron chi connectivity index (χ0n) is 15.7. The summed E-state index contributed by atoms with van der Waals surface area (Å²) < 4.78 is 12.6. The predicted octanol–water partition coefficient (Wildman–Crippen LogP) is 4.48. The lowest BCUT2D eigenvalue weighted by molar-refractivity contribution is 0.104. The van der Waals surface area contributed by atoms with Gasteiger partial charge in [-0.2, -0.15) is 5.10 Å². The van der Waals surface area contributed by atoms with Crippen molar-refractivity contribution in [2.75, 3.05) is 13.7 Å². The molecule has 5 nitrogen and oxygen atoms in total. The summed E-state index contributed by atoms with van der Waals surface area (Å²) in [5.74, 6) is 1.23. The lowest BCUT2D eigenvalue weighted by atomic mass is 10.1. The highest BCUT2D eigenvalue weighted by Crippen LogP contribution is 2.28. The first-order valence-electron chi connectivity index (χ1n) is 8.77. The Morgan fingerprint density at radius 3 is 2.63 bits per heavy atom. The van der Waals surface area contributed by atoms with Crippen LogP contribution in [0.4, 0.5) is 0 Å². The van der Waals surface area contributed by atoms with Gasteiger partial charge in [0.2, 0.25) is 0 Å². The normalized spacial score (nSPS) is 10.9. The molecule has 0 saturated carbocycles. The molecule has 0 N–H and O–H groups in total. The van der Waals surface area contributed by atoms with E-state index in [0.29, 0.717) is 23.7 Å². The van der Waals surface area contributed by atoms with Crippen LogP contribution in [0.5, 0.6) is 11.5 Å². The Hall–Kier alpha value is -3.34. The molecule has 3 aromatic rings. The maximum absolute atomic E-state index is 12.6. The zero-order valence-corrected chi connectivity index (χ0v) is 15.7. The van der Waals surface area contributed by atoms with Gasteiger partial charge in [0.05, 0.1) is 36.9 Å². The average molecular weight is 362 g/mol. The molecule has 0 aliphatic heterocycles. The summed E-state index contributed by atoms with van der Waals surface area (Å²) in [6, 6.07) is 15.3. The van der Waals surface area contributed by atoms with E-state index in [2.05, 4.69) is 5.10 Å². The van der Waals surface area contributed by atoms with Crippen LogP contribution >= 0.6 is 0 Å². The zero-order chi connectivity index (χ0) is 19.2. The van der Waals surface area contributed by atoms with Crippen LogP contribution < -0.4 is 9.47 Å². The van der Waals surface area contributed by atoms with E-state index in [1.54, 1.807) is 30.1 Å². The molecule has 0 aliphatic rings. The molecular weight excluding hydrogens is 340 g/mol. The number of allylic oxidation sites excluding steroid dienone is 1. The van der Waals surface area contributed by atoms with Gasteiger partial charge in [-0.25, -0.2) is 4.68 Å². The molecule has 138 valence electrons. The van der Waals surface area contributed by atoms with Crippen molar-refractivity contribution in [1.82, 2.24) is 9.78 Å². The van der Waals surface area contributed by atoms with E-state index in [-0.39, 0.29) is 5.78 Å². The van der Waals surface area contributed by atoms with Crippen LogP contribution in [0, 0.1) is 6.92 Å². The van der Waals surface area contributed by atoms with E-state index >= 15 is 0 Å². The molecule has 0 saturated heterocycles. The molecule has 0 aliphatic carbocycles. The SMILES string of the molecule is CCOc1ccc(/C=C/C(=O)c2cnn(-c3ccccc3)c2C)cc1OC. The van der Waals surface area contributed by atoms with E-state index in [1.165, 1.54) is 0 Å². The Morgan fingerprint density at radius 1 is 1.15 bits per heavy atom. The summed E-state index contributed by atoms with van der Waals surface area (Å²) in [6.45, 7) is 4.37. The van der Waals surface area contributed by atoms with E-state index in [1.807, 2.05) is 62.4 Å². The van der Waals surface area contributed by atoms with Crippen molar-refractivity contribution in [3.63, 3.8) is 0 Å². The lowest BCUT2D eigenvalue weighted by Crippen LogP contribution is -2.01. The van der Waals surface area contributed by atoms with E-state index in [0.717, 1.165) is 16.9 Å². The third-order valence-electron chi connectivity index (χ3n) is 4.19. The number of nitrogens with zero attached hydrogens (tertiary/aromatic N) is 2. The van der Waals surface area contributed by atoms with Crippen molar-refractivity contribution >= 4 is 11.9 Å². The molecule has 5 heteroatoms. The Kier molecular flexibility index (Phi) is 5.71. The van der Waals surface area contributed by atoms with Crippen LogP contribution in [0.15, 0.2) is 60.8 Å². The highest BCUT2D eigenvalue weighted by molar-refractivity contribution is 6.07. The molecule has 0 atom stereocenters. The standard InChI is InChI=1S/C22H22N2O3/c1-4-27-21-13-11-17(14-22(21)26-3)10-12-20(25)19-15-23-24(16(19)2)18-8-6-5-7-9-18/h5-15H,4H2,1-3H3/b12-10+. The van der Waals surface area contributed by atoms with Crippen LogP contribution in [0.25, 0.3) is 11.8 Å². The van der Waals surface area contributed by atoms with Gasteiger partial charge in [0, 0.05) is 0 Å². The van der Waals surface area contributed by atoms with Gasteiger partial charge in [0.25, 0.3) is 0 Å². The second kappa shape index (κ2) is 8.36. The number of ketones is 1. The molecule has 0 unspecified atom stereocenters. The van der Waals surface area contributed by atoms with Crippen LogP contribution in [0.2, 0.25) is 0 Å². The number of para-hydroxylation sites is 1. The fourth-order valence-electron chi connectivity index (χ4n) is 2.81. The van der Waals surface area contributed by atoms with Gasteiger partial charge >= 0.3 is 0 Å². The highest BCUT2D eigenvalue weighted by atomic mass is 16.5. The number of ether oxygens (including phenoxy) is 2. The second-order valence-electron chi connectivity index (χ2n) is 5.93. The van der Waals surface area contributed by atoms with Crippen molar-refractivity contribution in [3.05, 3.63) is 77.6 Å². The van der Waals surface area contributed by atoms with Gasteiger partial charge < -0.3 is 9.47 Å². The first kappa shape index (κ1) is 18.5. The highest BCUT2D eigenvalue weighted by Gasteiger charge is 2.13. The van der Waals surface area contributed by atoms with Gasteiger partial charge in [-0.1, -0.05) is 30.3 Å². The minimum absolute atomic E-state index is 0.0949. The largest absolute Gasteiger partial charge is 0.493 e. The molecule has 0 spiro atoms. The molecule has 27 heavy (non-hydrogen) atoms. The number of carbonyl (C=O) groups is 1. The number of aromatic nitrogens is 2. The predicted molar refractivity (Wildman–Crippen MR) is 106 cm³/mol. The average Bonchev–Trinajstić information content (AvgIpc) is 3.09. The summed E-state index contributed by atoms with van der Waals surface area (Å²) in [5.41, 5.74) is 3.17. The molecule has 2 aromatic carbocycles. The minimum Gasteiger partial charge on any atom is -0.493 e. The summed E-state index contributed by atoms with van der Waals surface area (Å²) in [7, 11) is 1.60. The Morgan fingerprint density at radius 2 is 1.93 bits per heavy atom. The van der Waals surface area contributed by atoms with E-state index < -0.39 is 0 Å². The minimum atomic E-state index is -0.0949. The van der Waals surface area contributed by atoms with E-state index in [9.17, 15) is 4.79 Å². The first-order chi connectivity index (χ1) is 13.1. The number of benzene rings is 2. The third kappa shape index (κ3) is 4.08. The molecule has 1 aromatic heterocycles. The Labute approximate surface area is 158 Å². The molecule has 0 bridgehead atoms. The molecule has 0 radical (unpaired) electrons. The van der Waals surface area contributed by atoms with Crippen LogP contribution in [-0.2, 0) is 0 Å². The quantitative estimate of drug-likeness (QED) is 0.459. The van der Waals surface area contributed by atoms with Crippen LogP contribution in [0.1, 0.15) is 28.5 Å². The molecule has 0 amide bonds. The van der Waals surface area contributed by atoms with Crippen molar-refractivity contribution in [1.29, 1.82) is 0 Å². The van der Waals surface area contributed by atoms with E-state index in [4.69, 9.17) is 9.47 Å². The Balaban J connectivity index is 1.81. The summed E-state index contributed by atoms with van der Waals surface area (Å²) in [4.78, 5) is 12.6. The molecule has 3 rings (SSSR count). The maximum atomic E-state index is 12.6. The van der Waals surface area contributed by atoms with Gasteiger partial charge in [-0.05, 0) is 49.8 Å². The summed E-state index contributed by atoms with van der Waals surface area (Å²) in [6.07, 6.45) is 4.92. The number of hydrogen-bond acceptors (Lipinski definition) is 4. The number of carbonyl (C=O) groups excluding carboxylic acids is 1.